The van der Waals surface area contributed by atoms with Crippen molar-refractivity contribution in [2.24, 2.45) is 0 Å². The van der Waals surface area contributed by atoms with Crippen LogP contribution in [0.25, 0.3) is 0 Å². The lowest BCUT2D eigenvalue weighted by Gasteiger charge is -2.25. The zero-order valence-electron chi connectivity index (χ0n) is 13.4. The molecule has 9 nitrogen and oxygen atoms in total. The fourth-order valence-corrected chi connectivity index (χ4v) is 1.52. The summed E-state index contributed by atoms with van der Waals surface area (Å²) in [6, 6.07) is 5.04. The average Bonchev–Trinajstić information content (AvgIpc) is 2.43. The van der Waals surface area contributed by atoms with Crippen molar-refractivity contribution in [2.45, 2.75) is 33.3 Å². The van der Waals surface area contributed by atoms with Crippen LogP contribution in [-0.4, -0.2) is 29.3 Å². The number of carbonyl (C=O) groups excluding carboxylic acids is 2. The van der Waals surface area contributed by atoms with Gasteiger partial charge in [-0.1, -0.05) is 0 Å². The Morgan fingerprint density at radius 1 is 1.26 bits per heavy atom. The van der Waals surface area contributed by atoms with Crippen LogP contribution >= 0.6 is 0 Å². The van der Waals surface area contributed by atoms with Crippen molar-refractivity contribution < 1.29 is 24.0 Å². The van der Waals surface area contributed by atoms with Crippen LogP contribution in [0.3, 0.4) is 0 Å². The van der Waals surface area contributed by atoms with Crippen LogP contribution in [0.4, 0.5) is 21.0 Å². The van der Waals surface area contributed by atoms with E-state index in [1.807, 2.05) is 0 Å². The molecule has 2 amide bonds. The third kappa shape index (κ3) is 5.81. The molecule has 1 aromatic carbocycles. The highest BCUT2D eigenvalue weighted by molar-refractivity contribution is 5.90. The monoisotopic (exact) mass is 325 g/mol. The van der Waals surface area contributed by atoms with Gasteiger partial charge in [-0.05, 0) is 39.8 Å². The summed E-state index contributed by atoms with van der Waals surface area (Å²) in [5.41, 5.74) is 1.55. The molecular weight excluding hydrogens is 306 g/mol. The molecule has 1 rings (SSSR count). The molecule has 9 heteroatoms. The third-order valence-corrected chi connectivity index (χ3v) is 2.37. The van der Waals surface area contributed by atoms with Crippen LogP contribution in [-0.2, 0) is 9.47 Å². The zero-order valence-corrected chi connectivity index (χ0v) is 13.4. The Bertz CT molecular complexity index is 579. The number of non-ortho nitro benzene ring substituents is 1. The van der Waals surface area contributed by atoms with Crippen molar-refractivity contribution in [1.82, 2.24) is 5.43 Å². The lowest BCUT2D eigenvalue weighted by Crippen LogP contribution is -2.48. The Hall–Kier alpha value is -2.84. The number of anilines is 1. The molecule has 23 heavy (non-hydrogen) atoms. The Balaban J connectivity index is 2.98. The molecule has 0 aliphatic rings. The minimum Gasteiger partial charge on any atom is -0.448 e. The quantitative estimate of drug-likeness (QED) is 0.675. The molecule has 0 aliphatic heterocycles. The number of hydrogen-bond acceptors (Lipinski definition) is 6. The number of rotatable bonds is 3. The molecule has 0 aliphatic carbocycles. The highest BCUT2D eigenvalue weighted by Gasteiger charge is 2.24. The number of hydrazine groups is 1. The standard InChI is InChI=1S/C14H19N3O6/c1-5-22-13(19)16(15-12(18)23-14(2,3)4)10-6-8-11(9-7-10)17(20)21/h6-9H,5H2,1-4H3,(H,15,18). The van der Waals surface area contributed by atoms with Gasteiger partial charge in [-0.25, -0.2) is 15.0 Å². The first-order chi connectivity index (χ1) is 10.6. The van der Waals surface area contributed by atoms with E-state index in [2.05, 4.69) is 5.43 Å². The van der Waals surface area contributed by atoms with Crippen LogP contribution in [0, 0.1) is 10.1 Å². The van der Waals surface area contributed by atoms with Crippen molar-refractivity contribution in [2.75, 3.05) is 11.6 Å². The van der Waals surface area contributed by atoms with Gasteiger partial charge in [0.1, 0.15) is 5.60 Å². The van der Waals surface area contributed by atoms with Gasteiger partial charge in [-0.15, -0.1) is 0 Å². The molecule has 0 unspecified atom stereocenters. The van der Waals surface area contributed by atoms with E-state index in [4.69, 9.17) is 9.47 Å². The van der Waals surface area contributed by atoms with Gasteiger partial charge in [0.25, 0.3) is 5.69 Å². The van der Waals surface area contributed by atoms with Crippen LogP contribution in [0.2, 0.25) is 0 Å². The Kier molecular flexibility index (Phi) is 5.88. The van der Waals surface area contributed by atoms with E-state index < -0.39 is 22.7 Å². The number of ether oxygens (including phenoxy) is 2. The molecule has 0 aromatic heterocycles. The first-order valence-corrected chi connectivity index (χ1v) is 6.85. The fourth-order valence-electron chi connectivity index (χ4n) is 1.52. The highest BCUT2D eigenvalue weighted by atomic mass is 16.6. The van der Waals surface area contributed by atoms with E-state index in [0.717, 1.165) is 5.01 Å². The topological polar surface area (TPSA) is 111 Å². The van der Waals surface area contributed by atoms with Crippen LogP contribution in [0.1, 0.15) is 27.7 Å². The molecule has 126 valence electrons. The predicted octanol–water partition coefficient (Wildman–Crippen LogP) is 3.00. The first-order valence-electron chi connectivity index (χ1n) is 6.85. The Morgan fingerprint density at radius 3 is 2.26 bits per heavy atom. The van der Waals surface area contributed by atoms with Gasteiger partial charge in [0.15, 0.2) is 0 Å². The number of hydrogen-bond donors (Lipinski definition) is 1. The summed E-state index contributed by atoms with van der Waals surface area (Å²) in [4.78, 5) is 33.9. The van der Waals surface area contributed by atoms with Crippen molar-refractivity contribution in [3.8, 4) is 0 Å². The molecule has 0 saturated heterocycles. The summed E-state index contributed by atoms with van der Waals surface area (Å²) in [5.74, 6) is 0. The second-order valence-corrected chi connectivity index (χ2v) is 5.42. The van der Waals surface area contributed by atoms with Gasteiger partial charge < -0.3 is 9.47 Å². The summed E-state index contributed by atoms with van der Waals surface area (Å²) in [6.45, 7) is 6.73. The molecule has 0 saturated carbocycles. The molecule has 1 aromatic rings. The minimum atomic E-state index is -0.857. The van der Waals surface area contributed by atoms with Gasteiger partial charge >= 0.3 is 12.2 Å². The summed E-state index contributed by atoms with van der Waals surface area (Å²) >= 11 is 0. The lowest BCUT2D eigenvalue weighted by molar-refractivity contribution is -0.384. The van der Waals surface area contributed by atoms with E-state index in [1.54, 1.807) is 27.7 Å². The second-order valence-electron chi connectivity index (χ2n) is 5.42. The van der Waals surface area contributed by atoms with Gasteiger partial charge in [-0.2, -0.15) is 5.01 Å². The second kappa shape index (κ2) is 7.43. The number of carbonyl (C=O) groups is 2. The first kappa shape index (κ1) is 18.2. The van der Waals surface area contributed by atoms with Gasteiger partial charge in [0.2, 0.25) is 0 Å². The zero-order chi connectivity index (χ0) is 17.6. The molecule has 0 heterocycles. The van der Waals surface area contributed by atoms with Crippen molar-refractivity contribution >= 4 is 23.6 Å². The van der Waals surface area contributed by atoms with E-state index >= 15 is 0 Å². The molecule has 1 N–H and O–H groups in total. The van der Waals surface area contributed by atoms with E-state index in [0.29, 0.717) is 0 Å². The smallest absolute Gasteiger partial charge is 0.433 e. The summed E-state index contributed by atoms with van der Waals surface area (Å²) in [5, 5.41) is 11.5. The van der Waals surface area contributed by atoms with Gasteiger partial charge in [0, 0.05) is 12.1 Å². The highest BCUT2D eigenvalue weighted by Crippen LogP contribution is 2.19. The molecule has 0 bridgehead atoms. The maximum Gasteiger partial charge on any atom is 0.433 e. The summed E-state index contributed by atoms with van der Waals surface area (Å²) in [7, 11) is 0. The lowest BCUT2D eigenvalue weighted by atomic mass is 10.2. The number of nitro benzene ring substituents is 1. The third-order valence-electron chi connectivity index (χ3n) is 2.37. The summed E-state index contributed by atoms with van der Waals surface area (Å²) in [6.07, 6.45) is -1.70. The van der Waals surface area contributed by atoms with Gasteiger partial charge in [-0.3, -0.25) is 10.1 Å². The maximum absolute atomic E-state index is 12.0. The van der Waals surface area contributed by atoms with E-state index in [1.165, 1.54) is 24.3 Å². The number of amides is 2. The predicted molar refractivity (Wildman–Crippen MR) is 82.0 cm³/mol. The fraction of sp³-hybridized carbons (Fsp3) is 0.429. The Labute approximate surface area is 133 Å². The van der Waals surface area contributed by atoms with Crippen molar-refractivity contribution in [1.29, 1.82) is 0 Å². The van der Waals surface area contributed by atoms with Crippen molar-refractivity contribution in [3.05, 3.63) is 34.4 Å². The van der Waals surface area contributed by atoms with Crippen molar-refractivity contribution in [3.63, 3.8) is 0 Å². The molecule has 0 fully saturated rings. The maximum atomic E-state index is 12.0. The Morgan fingerprint density at radius 2 is 1.83 bits per heavy atom. The van der Waals surface area contributed by atoms with Gasteiger partial charge in [0.05, 0.1) is 17.2 Å². The molecule has 0 radical (unpaired) electrons. The van der Waals surface area contributed by atoms with Crippen LogP contribution in [0.5, 0.6) is 0 Å². The molecular formula is C14H19N3O6. The SMILES string of the molecule is CCOC(=O)N(NC(=O)OC(C)(C)C)c1ccc([N+](=O)[O-])cc1. The normalized spacial score (nSPS) is 10.6. The molecule has 0 atom stereocenters. The number of nitrogens with zero attached hydrogens (tertiary/aromatic N) is 2. The average molecular weight is 325 g/mol. The number of benzene rings is 1. The largest absolute Gasteiger partial charge is 0.448 e. The number of nitro groups is 1. The van der Waals surface area contributed by atoms with Crippen LogP contribution < -0.4 is 10.4 Å². The minimum absolute atomic E-state index is 0.0955. The van der Waals surface area contributed by atoms with Crippen LogP contribution in [0.15, 0.2) is 24.3 Å². The number of nitrogens with one attached hydrogen (secondary N) is 1. The molecule has 0 spiro atoms. The van der Waals surface area contributed by atoms with E-state index in [9.17, 15) is 19.7 Å². The van der Waals surface area contributed by atoms with E-state index in [-0.39, 0.29) is 18.0 Å². The summed E-state index contributed by atoms with van der Waals surface area (Å²) < 4.78 is 9.92.